The summed E-state index contributed by atoms with van der Waals surface area (Å²) >= 11 is 0. The first-order valence-electron chi connectivity index (χ1n) is 8.47. The van der Waals surface area contributed by atoms with Gasteiger partial charge in [-0.25, -0.2) is 4.98 Å². The summed E-state index contributed by atoms with van der Waals surface area (Å²) in [7, 11) is 1.75. The Morgan fingerprint density at radius 2 is 2.04 bits per heavy atom. The average Bonchev–Trinajstić information content (AvgIpc) is 2.56. The predicted octanol–water partition coefficient (Wildman–Crippen LogP) is 0.618. The number of aryl methyl sites for hydroxylation is 1. The number of rotatable bonds is 7. The average molecular weight is 321 g/mol. The van der Waals surface area contributed by atoms with Crippen LogP contribution in [-0.2, 0) is 15.9 Å². The molecule has 2 fully saturated rings. The van der Waals surface area contributed by atoms with Gasteiger partial charge in [0, 0.05) is 51.6 Å². The van der Waals surface area contributed by atoms with Crippen molar-refractivity contribution < 1.29 is 9.47 Å². The van der Waals surface area contributed by atoms with Crippen LogP contribution >= 0.6 is 0 Å². The van der Waals surface area contributed by atoms with Gasteiger partial charge in [-0.05, 0) is 6.42 Å². The van der Waals surface area contributed by atoms with Crippen molar-refractivity contribution in [1.82, 2.24) is 14.9 Å². The number of methoxy groups -OCH3 is 1. The quantitative estimate of drug-likeness (QED) is 0.790. The Bertz CT molecular complexity index is 501. The van der Waals surface area contributed by atoms with Crippen LogP contribution in [0.3, 0.4) is 0 Å². The molecule has 0 aliphatic carbocycles. The Balaban J connectivity index is 1.63. The Hall–Kier alpha value is -1.44. The zero-order chi connectivity index (χ0) is 16.1. The molecule has 1 N–H and O–H groups in total. The smallest absolute Gasteiger partial charge is 0.227 e. The number of anilines is 2. The number of aromatic nitrogens is 2. The molecule has 0 atom stereocenters. The second-order valence-electron chi connectivity index (χ2n) is 6.10. The summed E-state index contributed by atoms with van der Waals surface area (Å²) in [4.78, 5) is 14.1. The second-order valence-corrected chi connectivity index (χ2v) is 6.10. The van der Waals surface area contributed by atoms with Gasteiger partial charge in [-0.15, -0.1) is 0 Å². The van der Waals surface area contributed by atoms with Gasteiger partial charge in [0.25, 0.3) is 0 Å². The molecule has 0 unspecified atom stereocenters. The van der Waals surface area contributed by atoms with Gasteiger partial charge in [0.15, 0.2) is 0 Å². The van der Waals surface area contributed by atoms with Crippen molar-refractivity contribution in [1.29, 1.82) is 0 Å². The highest BCUT2D eigenvalue weighted by molar-refractivity contribution is 5.45. The molecule has 0 amide bonds. The highest BCUT2D eigenvalue weighted by Crippen LogP contribution is 2.18. The van der Waals surface area contributed by atoms with Gasteiger partial charge in [-0.1, -0.05) is 6.92 Å². The van der Waals surface area contributed by atoms with E-state index in [9.17, 15) is 0 Å². The van der Waals surface area contributed by atoms with Crippen molar-refractivity contribution in [2.45, 2.75) is 19.4 Å². The van der Waals surface area contributed by atoms with E-state index in [4.69, 9.17) is 19.4 Å². The predicted molar refractivity (Wildman–Crippen MR) is 90.2 cm³/mol. The van der Waals surface area contributed by atoms with E-state index in [1.165, 1.54) is 0 Å². The first-order valence-corrected chi connectivity index (χ1v) is 8.47. The summed E-state index contributed by atoms with van der Waals surface area (Å²) in [6.07, 6.45) is 0.916. The molecular weight excluding hydrogens is 294 g/mol. The summed E-state index contributed by atoms with van der Waals surface area (Å²) in [5, 5.41) is 3.44. The van der Waals surface area contributed by atoms with Crippen molar-refractivity contribution in [3.63, 3.8) is 0 Å². The highest BCUT2D eigenvalue weighted by Gasteiger charge is 2.22. The molecule has 0 bridgehead atoms. The van der Waals surface area contributed by atoms with Crippen molar-refractivity contribution in [3.05, 3.63) is 11.8 Å². The van der Waals surface area contributed by atoms with Crippen molar-refractivity contribution in [3.8, 4) is 0 Å². The number of ether oxygens (including phenoxy) is 2. The fourth-order valence-corrected chi connectivity index (χ4v) is 2.80. The Morgan fingerprint density at radius 3 is 2.65 bits per heavy atom. The first-order chi connectivity index (χ1) is 11.3. The van der Waals surface area contributed by atoms with E-state index in [1.807, 2.05) is 0 Å². The van der Waals surface area contributed by atoms with Crippen molar-refractivity contribution in [2.75, 3.05) is 69.9 Å². The standard InChI is InChI=1S/C16H27N5O2/c1-3-13-10-15(17-14-11-23-12-14)19-16(18-13)21-6-4-20(5-7-21)8-9-22-2/h10,14H,3-9,11-12H2,1-2H3,(H,17,18,19). The van der Waals surface area contributed by atoms with Crippen LogP contribution in [0, 0.1) is 0 Å². The number of hydrogen-bond donors (Lipinski definition) is 1. The van der Waals surface area contributed by atoms with E-state index < -0.39 is 0 Å². The van der Waals surface area contributed by atoms with E-state index >= 15 is 0 Å². The van der Waals surface area contributed by atoms with Crippen LogP contribution in [0.5, 0.6) is 0 Å². The maximum Gasteiger partial charge on any atom is 0.227 e. The van der Waals surface area contributed by atoms with E-state index in [0.717, 1.165) is 76.4 Å². The largest absolute Gasteiger partial charge is 0.383 e. The molecule has 7 heteroatoms. The molecule has 0 aromatic carbocycles. The molecule has 2 aliphatic heterocycles. The number of hydrogen-bond acceptors (Lipinski definition) is 7. The molecule has 0 saturated carbocycles. The molecule has 2 aliphatic rings. The molecule has 3 heterocycles. The van der Waals surface area contributed by atoms with Crippen molar-refractivity contribution >= 4 is 11.8 Å². The molecule has 0 spiro atoms. The molecule has 128 valence electrons. The zero-order valence-electron chi connectivity index (χ0n) is 14.1. The minimum absolute atomic E-state index is 0.383. The molecule has 0 radical (unpaired) electrons. The fraction of sp³-hybridized carbons (Fsp3) is 0.750. The van der Waals surface area contributed by atoms with Crippen LogP contribution in [0.25, 0.3) is 0 Å². The minimum atomic E-state index is 0.383. The molecular formula is C16H27N5O2. The normalized spacial score (nSPS) is 19.7. The van der Waals surface area contributed by atoms with Crippen LogP contribution in [0.15, 0.2) is 6.07 Å². The molecule has 1 aromatic rings. The van der Waals surface area contributed by atoms with Gasteiger partial charge >= 0.3 is 0 Å². The van der Waals surface area contributed by atoms with E-state index in [0.29, 0.717) is 6.04 Å². The molecule has 3 rings (SSSR count). The minimum Gasteiger partial charge on any atom is -0.383 e. The summed E-state index contributed by atoms with van der Waals surface area (Å²) in [6, 6.07) is 2.43. The van der Waals surface area contributed by atoms with Crippen LogP contribution in [0.1, 0.15) is 12.6 Å². The SMILES string of the molecule is CCc1cc(NC2COC2)nc(N2CCN(CCOC)CC2)n1. The van der Waals surface area contributed by atoms with Gasteiger partial charge in [0.2, 0.25) is 5.95 Å². The maximum atomic E-state index is 5.22. The Labute approximate surface area is 138 Å². The van der Waals surface area contributed by atoms with Gasteiger partial charge in [-0.2, -0.15) is 4.98 Å². The topological polar surface area (TPSA) is 62.8 Å². The van der Waals surface area contributed by atoms with E-state index in [-0.39, 0.29) is 0 Å². The number of piperazine rings is 1. The monoisotopic (exact) mass is 321 g/mol. The fourth-order valence-electron chi connectivity index (χ4n) is 2.80. The summed E-state index contributed by atoms with van der Waals surface area (Å²) in [5.41, 5.74) is 1.08. The van der Waals surface area contributed by atoms with E-state index in [1.54, 1.807) is 7.11 Å². The Kier molecular flexibility index (Phi) is 5.64. The lowest BCUT2D eigenvalue weighted by Gasteiger charge is -2.35. The maximum absolute atomic E-state index is 5.22. The first kappa shape index (κ1) is 16.4. The van der Waals surface area contributed by atoms with Gasteiger partial charge in [0.05, 0.1) is 25.9 Å². The second kappa shape index (κ2) is 7.90. The Morgan fingerprint density at radius 1 is 1.26 bits per heavy atom. The molecule has 7 nitrogen and oxygen atoms in total. The van der Waals surface area contributed by atoms with Crippen LogP contribution < -0.4 is 10.2 Å². The summed E-state index contributed by atoms with van der Waals surface area (Å²) < 4.78 is 10.4. The molecule has 2 saturated heterocycles. The molecule has 23 heavy (non-hydrogen) atoms. The highest BCUT2D eigenvalue weighted by atomic mass is 16.5. The summed E-state index contributed by atoms with van der Waals surface area (Å²) in [6.45, 7) is 9.42. The van der Waals surface area contributed by atoms with Gasteiger partial charge in [-0.3, -0.25) is 4.90 Å². The lowest BCUT2D eigenvalue weighted by atomic mass is 10.2. The van der Waals surface area contributed by atoms with Crippen LogP contribution in [0.2, 0.25) is 0 Å². The number of nitrogens with zero attached hydrogens (tertiary/aromatic N) is 4. The lowest BCUT2D eigenvalue weighted by Crippen LogP contribution is -2.48. The van der Waals surface area contributed by atoms with Gasteiger partial charge in [0.1, 0.15) is 5.82 Å². The summed E-state index contributed by atoms with van der Waals surface area (Å²) in [5.74, 6) is 1.76. The van der Waals surface area contributed by atoms with Crippen LogP contribution in [-0.4, -0.2) is 80.6 Å². The third-order valence-electron chi connectivity index (χ3n) is 4.39. The zero-order valence-corrected chi connectivity index (χ0v) is 14.1. The molecule has 1 aromatic heterocycles. The third kappa shape index (κ3) is 4.31. The van der Waals surface area contributed by atoms with E-state index in [2.05, 4.69) is 28.1 Å². The third-order valence-corrected chi connectivity index (χ3v) is 4.39. The lowest BCUT2D eigenvalue weighted by molar-refractivity contribution is 0.0209. The van der Waals surface area contributed by atoms with Crippen molar-refractivity contribution in [2.24, 2.45) is 0 Å². The van der Waals surface area contributed by atoms with Crippen LogP contribution in [0.4, 0.5) is 11.8 Å². The van der Waals surface area contributed by atoms with Gasteiger partial charge < -0.3 is 19.7 Å². The number of nitrogens with one attached hydrogen (secondary N) is 1.